The Morgan fingerprint density at radius 3 is 2.72 bits per heavy atom. The van der Waals surface area contributed by atoms with Crippen LogP contribution < -0.4 is 9.47 Å². The molecule has 0 unspecified atom stereocenters. The molecule has 3 aliphatic rings. The van der Waals surface area contributed by atoms with Crippen molar-refractivity contribution in [3.8, 4) is 11.5 Å². The van der Waals surface area contributed by atoms with Gasteiger partial charge in [-0.1, -0.05) is 12.5 Å². The van der Waals surface area contributed by atoms with Gasteiger partial charge in [-0.3, -0.25) is 9.69 Å². The molecule has 0 spiro atoms. The molecule has 0 radical (unpaired) electrons. The summed E-state index contributed by atoms with van der Waals surface area (Å²) in [5.41, 5.74) is 1.10. The first-order valence-electron chi connectivity index (χ1n) is 9.27. The summed E-state index contributed by atoms with van der Waals surface area (Å²) in [4.78, 5) is 17.3. The molecule has 1 aliphatic carbocycles. The molecule has 4 rings (SSSR count). The van der Waals surface area contributed by atoms with E-state index in [0.29, 0.717) is 12.5 Å². The first-order chi connectivity index (χ1) is 12.3. The van der Waals surface area contributed by atoms with Crippen molar-refractivity contribution >= 4 is 5.91 Å². The number of ether oxygens (including phenoxy) is 3. The zero-order chi connectivity index (χ0) is 17.1. The van der Waals surface area contributed by atoms with Crippen LogP contribution in [0.25, 0.3) is 0 Å². The third-order valence-corrected chi connectivity index (χ3v) is 5.37. The minimum absolute atomic E-state index is 0.221. The highest BCUT2D eigenvalue weighted by molar-refractivity contribution is 5.79. The number of morpholine rings is 1. The Bertz CT molecular complexity index is 611. The van der Waals surface area contributed by atoms with Crippen LogP contribution in [0.3, 0.4) is 0 Å². The van der Waals surface area contributed by atoms with Crippen LogP contribution in [0, 0.1) is 5.92 Å². The number of hydrogen-bond donors (Lipinski definition) is 0. The summed E-state index contributed by atoms with van der Waals surface area (Å²) < 4.78 is 16.3. The van der Waals surface area contributed by atoms with Crippen LogP contribution in [0.1, 0.15) is 24.8 Å². The quantitative estimate of drug-likeness (QED) is 0.787. The lowest BCUT2D eigenvalue weighted by Crippen LogP contribution is -2.45. The Hall–Kier alpha value is -1.79. The fraction of sp³-hybridized carbons (Fsp3) is 0.632. The van der Waals surface area contributed by atoms with Crippen LogP contribution in [-0.4, -0.2) is 61.9 Å². The van der Waals surface area contributed by atoms with E-state index >= 15 is 0 Å². The molecule has 0 aromatic heterocycles. The van der Waals surface area contributed by atoms with Gasteiger partial charge in [-0.15, -0.1) is 0 Å². The van der Waals surface area contributed by atoms with Gasteiger partial charge in [0.1, 0.15) is 0 Å². The van der Waals surface area contributed by atoms with E-state index in [1.165, 1.54) is 6.42 Å². The number of amides is 1. The molecule has 136 valence electrons. The summed E-state index contributed by atoms with van der Waals surface area (Å²) >= 11 is 0. The topological polar surface area (TPSA) is 51.2 Å². The molecule has 1 amide bonds. The Balaban J connectivity index is 1.41. The zero-order valence-corrected chi connectivity index (χ0v) is 14.6. The van der Waals surface area contributed by atoms with Gasteiger partial charge in [0.15, 0.2) is 11.5 Å². The lowest BCUT2D eigenvalue weighted by molar-refractivity contribution is -0.139. The maximum atomic E-state index is 12.9. The number of hydrogen-bond acceptors (Lipinski definition) is 5. The van der Waals surface area contributed by atoms with Crippen molar-refractivity contribution in [2.24, 2.45) is 5.92 Å². The monoisotopic (exact) mass is 346 g/mol. The molecule has 1 saturated carbocycles. The minimum Gasteiger partial charge on any atom is -0.454 e. The standard InChI is InChI=1S/C19H26N2O4/c22-19(16-2-1-3-16)21(7-6-20-8-10-23-11-9-20)13-15-4-5-17-18(12-15)25-14-24-17/h4-5,12,16H,1-3,6-11,13-14H2. The highest BCUT2D eigenvalue weighted by Crippen LogP contribution is 2.33. The first-order valence-corrected chi connectivity index (χ1v) is 9.27. The van der Waals surface area contributed by atoms with E-state index in [1.54, 1.807) is 0 Å². The van der Waals surface area contributed by atoms with Crippen LogP contribution in [0.5, 0.6) is 11.5 Å². The zero-order valence-electron chi connectivity index (χ0n) is 14.6. The molecular formula is C19H26N2O4. The van der Waals surface area contributed by atoms with Gasteiger partial charge in [-0.25, -0.2) is 0 Å². The number of carbonyl (C=O) groups excluding carboxylic acids is 1. The average molecular weight is 346 g/mol. The molecule has 1 saturated heterocycles. The van der Waals surface area contributed by atoms with Crippen molar-refractivity contribution in [3.63, 3.8) is 0 Å². The second-order valence-corrected chi connectivity index (χ2v) is 7.03. The fourth-order valence-electron chi connectivity index (χ4n) is 3.53. The van der Waals surface area contributed by atoms with Crippen LogP contribution in [0.15, 0.2) is 18.2 Å². The van der Waals surface area contributed by atoms with Crippen molar-refractivity contribution in [1.29, 1.82) is 0 Å². The number of nitrogens with zero attached hydrogens (tertiary/aromatic N) is 2. The van der Waals surface area contributed by atoms with Crippen molar-refractivity contribution in [2.45, 2.75) is 25.8 Å². The van der Waals surface area contributed by atoms with E-state index in [4.69, 9.17) is 14.2 Å². The maximum Gasteiger partial charge on any atom is 0.231 e. The molecule has 0 N–H and O–H groups in total. The third kappa shape index (κ3) is 3.90. The Labute approximate surface area is 148 Å². The fourth-order valence-corrected chi connectivity index (χ4v) is 3.53. The van der Waals surface area contributed by atoms with Crippen LogP contribution in [0.2, 0.25) is 0 Å². The molecule has 2 heterocycles. The van der Waals surface area contributed by atoms with E-state index < -0.39 is 0 Å². The van der Waals surface area contributed by atoms with E-state index in [2.05, 4.69) is 4.90 Å². The van der Waals surface area contributed by atoms with Gasteiger partial charge in [-0.05, 0) is 30.5 Å². The molecule has 6 heteroatoms. The van der Waals surface area contributed by atoms with E-state index in [-0.39, 0.29) is 12.7 Å². The van der Waals surface area contributed by atoms with E-state index in [9.17, 15) is 4.79 Å². The molecule has 0 bridgehead atoms. The average Bonchev–Trinajstić information content (AvgIpc) is 3.05. The molecule has 6 nitrogen and oxygen atoms in total. The van der Waals surface area contributed by atoms with Gasteiger partial charge in [0.25, 0.3) is 0 Å². The number of carbonyl (C=O) groups is 1. The van der Waals surface area contributed by atoms with Gasteiger partial charge < -0.3 is 19.1 Å². The lowest BCUT2D eigenvalue weighted by atomic mass is 9.84. The number of benzene rings is 1. The Morgan fingerprint density at radius 1 is 1.16 bits per heavy atom. The Morgan fingerprint density at radius 2 is 1.96 bits per heavy atom. The van der Waals surface area contributed by atoms with Gasteiger partial charge in [0.2, 0.25) is 12.7 Å². The molecule has 25 heavy (non-hydrogen) atoms. The molecule has 2 fully saturated rings. The summed E-state index contributed by atoms with van der Waals surface area (Å²) in [6.07, 6.45) is 3.25. The normalized spacial score (nSPS) is 20.3. The van der Waals surface area contributed by atoms with Crippen molar-refractivity contribution < 1.29 is 19.0 Å². The maximum absolute atomic E-state index is 12.9. The summed E-state index contributed by atoms with van der Waals surface area (Å²) in [5, 5.41) is 0. The predicted octanol–water partition coefficient (Wildman–Crippen LogP) is 1.88. The second-order valence-electron chi connectivity index (χ2n) is 7.03. The highest BCUT2D eigenvalue weighted by Gasteiger charge is 2.30. The van der Waals surface area contributed by atoms with E-state index in [1.807, 2.05) is 23.1 Å². The summed E-state index contributed by atoms with van der Waals surface area (Å²) in [6.45, 7) is 6.08. The molecule has 2 aliphatic heterocycles. The van der Waals surface area contributed by atoms with Crippen molar-refractivity contribution in [1.82, 2.24) is 9.80 Å². The largest absolute Gasteiger partial charge is 0.454 e. The minimum atomic E-state index is 0.221. The predicted molar refractivity (Wildman–Crippen MR) is 92.6 cm³/mol. The van der Waals surface area contributed by atoms with Gasteiger partial charge >= 0.3 is 0 Å². The Kier molecular flexibility index (Phi) is 5.08. The second kappa shape index (κ2) is 7.62. The van der Waals surface area contributed by atoms with Gasteiger partial charge in [-0.2, -0.15) is 0 Å². The van der Waals surface area contributed by atoms with Gasteiger partial charge in [0, 0.05) is 38.6 Å². The molecule has 1 aromatic carbocycles. The number of rotatable bonds is 6. The molecular weight excluding hydrogens is 320 g/mol. The first kappa shape index (κ1) is 16.7. The highest BCUT2D eigenvalue weighted by atomic mass is 16.7. The van der Waals surface area contributed by atoms with Crippen LogP contribution in [0.4, 0.5) is 0 Å². The molecule has 1 aromatic rings. The van der Waals surface area contributed by atoms with Gasteiger partial charge in [0.05, 0.1) is 13.2 Å². The summed E-state index contributed by atoms with van der Waals surface area (Å²) in [5.74, 6) is 2.09. The van der Waals surface area contributed by atoms with Crippen LogP contribution in [-0.2, 0) is 16.1 Å². The van der Waals surface area contributed by atoms with Crippen molar-refractivity contribution in [2.75, 3.05) is 46.2 Å². The van der Waals surface area contributed by atoms with Crippen LogP contribution >= 0.6 is 0 Å². The summed E-state index contributed by atoms with van der Waals surface area (Å²) in [6, 6.07) is 5.97. The van der Waals surface area contributed by atoms with E-state index in [0.717, 1.165) is 69.3 Å². The summed E-state index contributed by atoms with van der Waals surface area (Å²) in [7, 11) is 0. The lowest BCUT2D eigenvalue weighted by Gasteiger charge is -2.34. The smallest absolute Gasteiger partial charge is 0.231 e. The molecule has 0 atom stereocenters. The number of fused-ring (bicyclic) bond motifs is 1. The third-order valence-electron chi connectivity index (χ3n) is 5.37. The SMILES string of the molecule is O=C(C1CCC1)N(CCN1CCOCC1)Cc1ccc2c(c1)OCO2. The van der Waals surface area contributed by atoms with Crippen molar-refractivity contribution in [3.05, 3.63) is 23.8 Å².